The molecule has 2 rings (SSSR count). The first-order chi connectivity index (χ1) is 12.2. The Bertz CT molecular complexity index is 750. The summed E-state index contributed by atoms with van der Waals surface area (Å²) < 4.78 is 5.09. The SMILES string of the molecule is CC(OC(=O)N[C@@]1(C(=O)O)CC[C@@H](C(=O)O)C1)c1ccccc1[N+](=O)[O-]. The summed E-state index contributed by atoms with van der Waals surface area (Å²) in [6.07, 6.45) is -2.27. The molecule has 1 aromatic rings. The fraction of sp³-hybridized carbons (Fsp3) is 0.438. The first-order valence-electron chi connectivity index (χ1n) is 7.84. The van der Waals surface area contributed by atoms with Gasteiger partial charge in [-0.3, -0.25) is 14.9 Å². The molecular formula is C16H18N2O8. The molecule has 0 aromatic heterocycles. The molecule has 0 radical (unpaired) electrons. The van der Waals surface area contributed by atoms with Crippen molar-refractivity contribution in [3.8, 4) is 0 Å². The van der Waals surface area contributed by atoms with Gasteiger partial charge in [-0.2, -0.15) is 0 Å². The van der Waals surface area contributed by atoms with E-state index in [0.29, 0.717) is 0 Å². The van der Waals surface area contributed by atoms with E-state index in [9.17, 15) is 29.6 Å². The lowest BCUT2D eigenvalue weighted by Gasteiger charge is -2.26. The normalized spacial score (nSPS) is 23.0. The minimum atomic E-state index is -1.73. The van der Waals surface area contributed by atoms with Crippen LogP contribution in [-0.4, -0.2) is 38.7 Å². The van der Waals surface area contributed by atoms with Crippen LogP contribution in [0.5, 0.6) is 0 Å². The van der Waals surface area contributed by atoms with Gasteiger partial charge >= 0.3 is 18.0 Å². The number of amides is 1. The zero-order valence-corrected chi connectivity index (χ0v) is 13.9. The van der Waals surface area contributed by atoms with Crippen LogP contribution in [-0.2, 0) is 14.3 Å². The number of nitro benzene ring substituents is 1. The molecule has 1 unspecified atom stereocenters. The van der Waals surface area contributed by atoms with Gasteiger partial charge in [0.2, 0.25) is 0 Å². The molecule has 3 atom stereocenters. The number of ether oxygens (including phenoxy) is 1. The zero-order valence-electron chi connectivity index (χ0n) is 13.9. The van der Waals surface area contributed by atoms with Crippen molar-refractivity contribution in [3.05, 3.63) is 39.9 Å². The fourth-order valence-electron chi connectivity index (χ4n) is 3.06. The topological polar surface area (TPSA) is 156 Å². The number of carbonyl (C=O) groups is 3. The van der Waals surface area contributed by atoms with Crippen molar-refractivity contribution in [2.75, 3.05) is 0 Å². The number of nitrogens with zero attached hydrogens (tertiary/aromatic N) is 1. The van der Waals surface area contributed by atoms with E-state index in [1.165, 1.54) is 25.1 Å². The number of hydrogen-bond acceptors (Lipinski definition) is 6. The molecule has 0 heterocycles. The quantitative estimate of drug-likeness (QED) is 0.510. The van der Waals surface area contributed by atoms with Gasteiger partial charge in [-0.1, -0.05) is 12.1 Å². The second kappa shape index (κ2) is 7.38. The second-order valence-corrected chi connectivity index (χ2v) is 6.15. The van der Waals surface area contributed by atoms with E-state index in [2.05, 4.69) is 5.32 Å². The maximum absolute atomic E-state index is 12.1. The maximum Gasteiger partial charge on any atom is 0.408 e. The Hall–Kier alpha value is -3.17. The molecule has 1 saturated carbocycles. The molecule has 0 saturated heterocycles. The van der Waals surface area contributed by atoms with E-state index in [4.69, 9.17) is 9.84 Å². The molecule has 0 spiro atoms. The number of nitrogens with one attached hydrogen (secondary N) is 1. The van der Waals surface area contributed by atoms with Crippen LogP contribution >= 0.6 is 0 Å². The molecule has 1 fully saturated rings. The van der Waals surface area contributed by atoms with Gasteiger partial charge in [0.05, 0.1) is 16.4 Å². The van der Waals surface area contributed by atoms with Crippen molar-refractivity contribution in [2.24, 2.45) is 5.92 Å². The third-order valence-corrected chi connectivity index (χ3v) is 4.47. The Morgan fingerprint density at radius 1 is 1.35 bits per heavy atom. The van der Waals surface area contributed by atoms with Crippen LogP contribution < -0.4 is 5.32 Å². The lowest BCUT2D eigenvalue weighted by Crippen LogP contribution is -2.53. The van der Waals surface area contributed by atoms with Crippen LogP contribution in [0.4, 0.5) is 10.5 Å². The minimum absolute atomic E-state index is 0.0474. The van der Waals surface area contributed by atoms with Gasteiger partial charge in [0.15, 0.2) is 0 Å². The Morgan fingerprint density at radius 2 is 2.00 bits per heavy atom. The molecule has 3 N–H and O–H groups in total. The third-order valence-electron chi connectivity index (χ3n) is 4.47. The van der Waals surface area contributed by atoms with Crippen LogP contribution in [0.1, 0.15) is 37.9 Å². The lowest BCUT2D eigenvalue weighted by molar-refractivity contribution is -0.386. The predicted octanol–water partition coefficient (Wildman–Crippen LogP) is 2.09. The molecular weight excluding hydrogens is 348 g/mol. The summed E-state index contributed by atoms with van der Waals surface area (Å²) >= 11 is 0. The molecule has 1 aliphatic carbocycles. The van der Waals surface area contributed by atoms with Crippen LogP contribution in [0.15, 0.2) is 24.3 Å². The monoisotopic (exact) mass is 366 g/mol. The van der Waals surface area contributed by atoms with Gasteiger partial charge in [0.25, 0.3) is 5.69 Å². The number of nitro groups is 1. The molecule has 1 aromatic carbocycles. The maximum atomic E-state index is 12.1. The van der Waals surface area contributed by atoms with Gasteiger partial charge in [-0.15, -0.1) is 0 Å². The van der Waals surface area contributed by atoms with Crippen molar-refractivity contribution in [3.63, 3.8) is 0 Å². The number of rotatable bonds is 6. The van der Waals surface area contributed by atoms with Crippen LogP contribution in [0.3, 0.4) is 0 Å². The summed E-state index contributed by atoms with van der Waals surface area (Å²) in [4.78, 5) is 45.2. The number of carboxylic acids is 2. The summed E-state index contributed by atoms with van der Waals surface area (Å²) in [5, 5.41) is 31.7. The third kappa shape index (κ3) is 3.90. The molecule has 140 valence electrons. The largest absolute Gasteiger partial charge is 0.481 e. The van der Waals surface area contributed by atoms with Crippen LogP contribution in [0.2, 0.25) is 0 Å². The number of benzene rings is 1. The molecule has 0 aliphatic heterocycles. The average Bonchev–Trinajstić information content (AvgIpc) is 3.00. The number of carbonyl (C=O) groups excluding carboxylic acids is 1. The molecule has 0 bridgehead atoms. The van der Waals surface area contributed by atoms with Gasteiger partial charge in [0, 0.05) is 6.07 Å². The molecule has 26 heavy (non-hydrogen) atoms. The summed E-state index contributed by atoms with van der Waals surface area (Å²) in [6.45, 7) is 1.42. The van der Waals surface area contributed by atoms with E-state index in [1.807, 2.05) is 0 Å². The summed E-state index contributed by atoms with van der Waals surface area (Å²) in [7, 11) is 0. The smallest absolute Gasteiger partial charge is 0.408 e. The molecule has 10 heteroatoms. The van der Waals surface area contributed by atoms with Gasteiger partial charge in [-0.05, 0) is 32.3 Å². The standard InChI is InChI=1S/C16H18N2O8/c1-9(11-4-2-3-5-12(11)18(24)25)26-15(23)17-16(14(21)22)7-6-10(8-16)13(19)20/h2-5,9-10H,6-8H2,1H3,(H,17,23)(H,19,20)(H,21,22)/t9?,10-,16+/m1/s1. The van der Waals surface area contributed by atoms with Crippen molar-refractivity contribution in [1.82, 2.24) is 5.32 Å². The highest BCUT2D eigenvalue weighted by Gasteiger charge is 2.49. The Balaban J connectivity index is 2.11. The van der Waals surface area contributed by atoms with Crippen LogP contribution in [0, 0.1) is 16.0 Å². The minimum Gasteiger partial charge on any atom is -0.481 e. The number of carboxylic acid groups (broad SMARTS) is 2. The average molecular weight is 366 g/mol. The van der Waals surface area contributed by atoms with Crippen molar-refractivity contribution >= 4 is 23.7 Å². The van der Waals surface area contributed by atoms with E-state index >= 15 is 0 Å². The predicted molar refractivity (Wildman–Crippen MR) is 86.5 cm³/mol. The number of aliphatic carboxylic acids is 2. The van der Waals surface area contributed by atoms with E-state index < -0.39 is 40.5 Å². The van der Waals surface area contributed by atoms with Crippen molar-refractivity contribution in [1.29, 1.82) is 0 Å². The first kappa shape index (κ1) is 19.2. The Labute approximate surface area is 147 Å². The second-order valence-electron chi connectivity index (χ2n) is 6.15. The van der Waals surface area contributed by atoms with Gasteiger partial charge < -0.3 is 20.3 Å². The number of hydrogen-bond donors (Lipinski definition) is 3. The number of alkyl carbamates (subject to hydrolysis) is 1. The fourth-order valence-corrected chi connectivity index (χ4v) is 3.06. The van der Waals surface area contributed by atoms with E-state index in [1.54, 1.807) is 6.07 Å². The zero-order chi connectivity index (χ0) is 19.5. The van der Waals surface area contributed by atoms with Gasteiger partial charge in [-0.25, -0.2) is 9.59 Å². The summed E-state index contributed by atoms with van der Waals surface area (Å²) in [5.74, 6) is -3.35. The molecule has 1 aliphatic rings. The number of para-hydroxylation sites is 1. The summed E-state index contributed by atoms with van der Waals surface area (Å²) in [5.41, 5.74) is -1.80. The lowest BCUT2D eigenvalue weighted by atomic mass is 9.96. The Morgan fingerprint density at radius 3 is 2.54 bits per heavy atom. The van der Waals surface area contributed by atoms with E-state index in [-0.39, 0.29) is 30.5 Å². The highest BCUT2D eigenvalue weighted by Crippen LogP contribution is 2.35. The van der Waals surface area contributed by atoms with Gasteiger partial charge in [0.1, 0.15) is 11.6 Å². The highest BCUT2D eigenvalue weighted by molar-refractivity contribution is 5.86. The van der Waals surface area contributed by atoms with Crippen molar-refractivity contribution < 1.29 is 34.3 Å². The molecule has 1 amide bonds. The Kier molecular flexibility index (Phi) is 5.44. The summed E-state index contributed by atoms with van der Waals surface area (Å²) in [6, 6.07) is 5.71. The van der Waals surface area contributed by atoms with Crippen molar-refractivity contribution in [2.45, 2.75) is 37.8 Å². The van der Waals surface area contributed by atoms with Crippen LogP contribution in [0.25, 0.3) is 0 Å². The van der Waals surface area contributed by atoms with E-state index in [0.717, 1.165) is 0 Å². The highest BCUT2D eigenvalue weighted by atomic mass is 16.6. The molecule has 10 nitrogen and oxygen atoms in total. The first-order valence-corrected chi connectivity index (χ1v) is 7.84.